The van der Waals surface area contributed by atoms with Crippen molar-refractivity contribution >= 4 is 62.3 Å². The van der Waals surface area contributed by atoms with Crippen molar-refractivity contribution in [2.75, 3.05) is 22.1 Å². The fourth-order valence-corrected chi connectivity index (χ4v) is 4.30. The SMILES string of the molecule is CSc1cccc(NC(=O)[C@H](C)N(c2ccc(Cl)c(Cl)c2)S(C)(=O)=O)c1. The van der Waals surface area contributed by atoms with Crippen LogP contribution in [0.5, 0.6) is 0 Å². The van der Waals surface area contributed by atoms with E-state index in [1.807, 2.05) is 24.5 Å². The van der Waals surface area contributed by atoms with Gasteiger partial charge in [0.1, 0.15) is 6.04 Å². The standard InChI is InChI=1S/C17H18Cl2N2O3S2/c1-11(17(22)20-12-5-4-6-14(9-12)25-2)21(26(3,23)24)13-7-8-15(18)16(19)10-13/h4-11H,1-3H3,(H,20,22)/t11-/m0/s1. The van der Waals surface area contributed by atoms with Crippen LogP contribution in [0.1, 0.15) is 6.92 Å². The van der Waals surface area contributed by atoms with Crippen molar-refractivity contribution in [3.8, 4) is 0 Å². The lowest BCUT2D eigenvalue weighted by Crippen LogP contribution is -2.45. The van der Waals surface area contributed by atoms with Crippen molar-refractivity contribution in [3.63, 3.8) is 0 Å². The number of halogens is 2. The highest BCUT2D eigenvalue weighted by Crippen LogP contribution is 2.30. The third-order valence-electron chi connectivity index (χ3n) is 3.58. The molecule has 0 aliphatic heterocycles. The number of hydrogen-bond donors (Lipinski definition) is 1. The van der Waals surface area contributed by atoms with E-state index in [-0.39, 0.29) is 10.7 Å². The zero-order chi connectivity index (χ0) is 19.5. The van der Waals surface area contributed by atoms with Crippen molar-refractivity contribution in [1.82, 2.24) is 0 Å². The number of anilines is 2. The van der Waals surface area contributed by atoms with Crippen molar-refractivity contribution < 1.29 is 13.2 Å². The molecule has 1 amide bonds. The molecular weight excluding hydrogens is 415 g/mol. The fourth-order valence-electron chi connectivity index (χ4n) is 2.38. The number of nitrogens with one attached hydrogen (secondary N) is 1. The van der Waals surface area contributed by atoms with E-state index in [0.29, 0.717) is 10.7 Å². The number of hydrogen-bond acceptors (Lipinski definition) is 4. The summed E-state index contributed by atoms with van der Waals surface area (Å²) in [6.45, 7) is 1.51. The second-order valence-corrected chi connectivity index (χ2v) is 9.11. The third-order valence-corrected chi connectivity index (χ3v) is 6.29. The maximum Gasteiger partial charge on any atom is 0.247 e. The zero-order valence-corrected chi connectivity index (χ0v) is 17.5. The van der Waals surface area contributed by atoms with Crippen LogP contribution in [-0.2, 0) is 14.8 Å². The smallest absolute Gasteiger partial charge is 0.247 e. The average Bonchev–Trinajstić information content (AvgIpc) is 2.57. The summed E-state index contributed by atoms with van der Waals surface area (Å²) in [4.78, 5) is 13.6. The minimum Gasteiger partial charge on any atom is -0.324 e. The van der Waals surface area contributed by atoms with E-state index in [9.17, 15) is 13.2 Å². The normalized spacial score (nSPS) is 12.5. The molecule has 2 aromatic rings. The number of carbonyl (C=O) groups excluding carboxylic acids is 1. The summed E-state index contributed by atoms with van der Waals surface area (Å²) in [6.07, 6.45) is 2.97. The van der Waals surface area contributed by atoms with Gasteiger partial charge in [-0.15, -0.1) is 11.8 Å². The molecule has 0 spiro atoms. The van der Waals surface area contributed by atoms with Crippen molar-refractivity contribution in [2.45, 2.75) is 17.9 Å². The van der Waals surface area contributed by atoms with Crippen LogP contribution in [0.3, 0.4) is 0 Å². The molecule has 5 nitrogen and oxygen atoms in total. The lowest BCUT2D eigenvalue weighted by molar-refractivity contribution is -0.116. The molecule has 0 unspecified atom stereocenters. The lowest BCUT2D eigenvalue weighted by Gasteiger charge is -2.28. The first-order valence-electron chi connectivity index (χ1n) is 7.53. The first kappa shape index (κ1) is 20.9. The minimum absolute atomic E-state index is 0.207. The number of nitrogens with zero attached hydrogens (tertiary/aromatic N) is 1. The number of benzene rings is 2. The Hall–Kier alpha value is -1.41. The maximum absolute atomic E-state index is 12.6. The summed E-state index contributed by atoms with van der Waals surface area (Å²) in [6, 6.07) is 10.7. The molecule has 26 heavy (non-hydrogen) atoms. The van der Waals surface area contributed by atoms with E-state index < -0.39 is 22.0 Å². The average molecular weight is 433 g/mol. The van der Waals surface area contributed by atoms with Gasteiger partial charge in [0, 0.05) is 10.6 Å². The van der Waals surface area contributed by atoms with E-state index in [2.05, 4.69) is 5.32 Å². The Kier molecular flexibility index (Phi) is 6.85. The molecule has 2 rings (SSSR count). The zero-order valence-electron chi connectivity index (χ0n) is 14.4. The highest BCUT2D eigenvalue weighted by atomic mass is 35.5. The number of thioether (sulfide) groups is 1. The summed E-state index contributed by atoms with van der Waals surface area (Å²) >= 11 is 13.4. The fraction of sp³-hybridized carbons (Fsp3) is 0.235. The Bertz CT molecular complexity index is 920. The first-order valence-corrected chi connectivity index (χ1v) is 11.4. The molecule has 0 heterocycles. The molecule has 2 aromatic carbocycles. The molecule has 0 aliphatic rings. The summed E-state index contributed by atoms with van der Waals surface area (Å²) < 4.78 is 25.6. The molecular formula is C17H18Cl2N2O3S2. The summed E-state index contributed by atoms with van der Waals surface area (Å²) in [7, 11) is -3.73. The monoisotopic (exact) mass is 432 g/mol. The van der Waals surface area contributed by atoms with Crippen molar-refractivity contribution in [2.24, 2.45) is 0 Å². The summed E-state index contributed by atoms with van der Waals surface area (Å²) in [5.74, 6) is -0.459. The van der Waals surface area contributed by atoms with Crippen LogP contribution in [0.2, 0.25) is 10.0 Å². The highest BCUT2D eigenvalue weighted by molar-refractivity contribution is 7.98. The van der Waals surface area contributed by atoms with Gasteiger partial charge in [0.2, 0.25) is 15.9 Å². The largest absolute Gasteiger partial charge is 0.324 e. The van der Waals surface area contributed by atoms with Crippen LogP contribution in [0.15, 0.2) is 47.4 Å². The van der Waals surface area contributed by atoms with Crippen LogP contribution in [0.25, 0.3) is 0 Å². The quantitative estimate of drug-likeness (QED) is 0.681. The van der Waals surface area contributed by atoms with Crippen molar-refractivity contribution in [1.29, 1.82) is 0 Å². The molecule has 0 bridgehead atoms. The Labute approximate surface area is 167 Å². The second-order valence-electron chi connectivity index (χ2n) is 5.55. The lowest BCUT2D eigenvalue weighted by atomic mass is 10.2. The highest BCUT2D eigenvalue weighted by Gasteiger charge is 2.29. The molecule has 1 N–H and O–H groups in total. The molecule has 0 aromatic heterocycles. The number of carbonyl (C=O) groups is 1. The maximum atomic E-state index is 12.6. The van der Waals surface area contributed by atoms with E-state index in [1.54, 1.807) is 17.8 Å². The predicted octanol–water partition coefficient (Wildman–Crippen LogP) is 4.51. The van der Waals surface area contributed by atoms with Gasteiger partial charge in [-0.2, -0.15) is 0 Å². The Morgan fingerprint density at radius 1 is 1.15 bits per heavy atom. The van der Waals surface area contributed by atoms with Gasteiger partial charge < -0.3 is 5.32 Å². The molecule has 0 saturated heterocycles. The number of sulfonamides is 1. The molecule has 0 saturated carbocycles. The van der Waals surface area contributed by atoms with Crippen LogP contribution >= 0.6 is 35.0 Å². The molecule has 0 aliphatic carbocycles. The van der Waals surface area contributed by atoms with Crippen LogP contribution in [-0.4, -0.2) is 32.9 Å². The molecule has 9 heteroatoms. The Morgan fingerprint density at radius 2 is 1.85 bits per heavy atom. The van der Waals surface area contributed by atoms with Crippen LogP contribution in [0.4, 0.5) is 11.4 Å². The van der Waals surface area contributed by atoms with Crippen molar-refractivity contribution in [3.05, 3.63) is 52.5 Å². The number of rotatable bonds is 6. The van der Waals surface area contributed by atoms with Crippen LogP contribution in [0, 0.1) is 0 Å². The minimum atomic E-state index is -3.73. The second kappa shape index (κ2) is 8.52. The first-order chi connectivity index (χ1) is 12.1. The van der Waals surface area contributed by atoms with Gasteiger partial charge in [0.15, 0.2) is 0 Å². The molecule has 1 atom stereocenters. The van der Waals surface area contributed by atoms with Gasteiger partial charge in [-0.1, -0.05) is 29.3 Å². The van der Waals surface area contributed by atoms with E-state index in [4.69, 9.17) is 23.2 Å². The summed E-state index contributed by atoms with van der Waals surface area (Å²) in [5.41, 5.74) is 0.860. The van der Waals surface area contributed by atoms with Gasteiger partial charge in [-0.05, 0) is 49.6 Å². The third kappa shape index (κ3) is 5.07. The van der Waals surface area contributed by atoms with E-state index in [1.165, 1.54) is 25.1 Å². The number of amides is 1. The predicted molar refractivity (Wildman–Crippen MR) is 110 cm³/mol. The van der Waals surface area contributed by atoms with Gasteiger partial charge in [-0.3, -0.25) is 9.10 Å². The van der Waals surface area contributed by atoms with Crippen LogP contribution < -0.4 is 9.62 Å². The Morgan fingerprint density at radius 3 is 2.42 bits per heavy atom. The van der Waals surface area contributed by atoms with Gasteiger partial charge >= 0.3 is 0 Å². The van der Waals surface area contributed by atoms with Gasteiger partial charge in [0.05, 0.1) is 22.0 Å². The molecule has 0 radical (unpaired) electrons. The van der Waals surface area contributed by atoms with E-state index >= 15 is 0 Å². The van der Waals surface area contributed by atoms with Gasteiger partial charge in [-0.25, -0.2) is 8.42 Å². The Balaban J connectivity index is 2.32. The molecule has 140 valence electrons. The summed E-state index contributed by atoms with van der Waals surface area (Å²) in [5, 5.41) is 3.25. The molecule has 0 fully saturated rings. The topological polar surface area (TPSA) is 66.5 Å². The van der Waals surface area contributed by atoms with E-state index in [0.717, 1.165) is 15.5 Å². The van der Waals surface area contributed by atoms with Gasteiger partial charge in [0.25, 0.3) is 0 Å².